The number of hydrogen-bond acceptors (Lipinski definition) is 3. The third kappa shape index (κ3) is 3.03. The van der Waals surface area contributed by atoms with Gasteiger partial charge in [-0.3, -0.25) is 4.79 Å². The summed E-state index contributed by atoms with van der Waals surface area (Å²) in [4.78, 5) is 22.1. The summed E-state index contributed by atoms with van der Waals surface area (Å²) in [7, 11) is 0. The largest absolute Gasteiger partial charge is 0.337 e. The number of hydrogen-bond donors (Lipinski definition) is 0. The van der Waals surface area contributed by atoms with Gasteiger partial charge in [0.05, 0.1) is 0 Å². The van der Waals surface area contributed by atoms with Crippen LogP contribution in [-0.2, 0) is 15.3 Å². The molecule has 0 N–H and O–H groups in total. The van der Waals surface area contributed by atoms with Crippen molar-refractivity contribution in [1.82, 2.24) is 0 Å². The quantitative estimate of drug-likeness (QED) is 0.584. The molecule has 2 heterocycles. The van der Waals surface area contributed by atoms with Gasteiger partial charge in [-0.15, -0.1) is 11.6 Å². The van der Waals surface area contributed by atoms with Gasteiger partial charge in [-0.1, -0.05) is 12.1 Å². The zero-order valence-corrected chi connectivity index (χ0v) is 11.2. The van der Waals surface area contributed by atoms with E-state index in [1.807, 2.05) is 31.2 Å². The molecule has 0 amide bonds. The second kappa shape index (κ2) is 5.72. The van der Waals surface area contributed by atoms with Gasteiger partial charge in [-0.05, 0) is 37.5 Å². The van der Waals surface area contributed by atoms with Crippen LogP contribution in [0.2, 0.25) is 0 Å². The summed E-state index contributed by atoms with van der Waals surface area (Å²) in [6.07, 6.45) is 2.52. The molecule has 0 saturated heterocycles. The second-order valence-corrected chi connectivity index (χ2v) is 5.13. The van der Waals surface area contributed by atoms with Gasteiger partial charge in [0.2, 0.25) is 0 Å². The van der Waals surface area contributed by atoms with Crippen LogP contribution in [0.3, 0.4) is 0 Å². The van der Waals surface area contributed by atoms with Gasteiger partial charge in [-0.25, -0.2) is 0 Å². The van der Waals surface area contributed by atoms with Crippen LogP contribution in [-0.4, -0.2) is 11.7 Å². The Kier molecular flexibility index (Phi) is 4.25. The predicted octanol–water partition coefficient (Wildman–Crippen LogP) is 3.59. The van der Waals surface area contributed by atoms with Crippen molar-refractivity contribution >= 4 is 17.4 Å². The van der Waals surface area contributed by atoms with Gasteiger partial charge in [-0.2, -0.15) is 4.89 Å². The number of Topliss-reactive ketones (excluding diaryl/α,β-unsaturated/α-hetero) is 1. The van der Waals surface area contributed by atoms with Crippen molar-refractivity contribution < 1.29 is 14.6 Å². The first-order valence-electron chi connectivity index (χ1n) is 6.18. The van der Waals surface area contributed by atoms with E-state index < -0.39 is 5.60 Å². The molecule has 3 rings (SSSR count). The summed E-state index contributed by atoms with van der Waals surface area (Å²) in [6, 6.07) is 7.78. The molecule has 0 saturated carbocycles. The Balaban J connectivity index is 1.91. The lowest BCUT2D eigenvalue weighted by molar-refractivity contribution is -0.292. The van der Waals surface area contributed by atoms with Gasteiger partial charge in [0.1, 0.15) is 11.4 Å². The van der Waals surface area contributed by atoms with Gasteiger partial charge >= 0.3 is 0 Å². The molecule has 1 aromatic rings. The van der Waals surface area contributed by atoms with Crippen molar-refractivity contribution in [3.05, 3.63) is 29.8 Å². The number of ketones is 1. The standard InChI is InChI=1S/C14H17ClO3/c1-14(9-2-3-12(16)8-10-15)11-4-6-13(7-5-11)17-18-14/h4-7H,2-3,8-10H2,1H3. The van der Waals surface area contributed by atoms with E-state index in [2.05, 4.69) is 0 Å². The molecule has 18 heavy (non-hydrogen) atoms. The summed E-state index contributed by atoms with van der Waals surface area (Å²) in [6.45, 7) is 1.98. The third-order valence-electron chi connectivity index (χ3n) is 3.27. The highest BCUT2D eigenvalue weighted by Gasteiger charge is 2.32. The smallest absolute Gasteiger partial charge is 0.165 e. The Morgan fingerprint density at radius 3 is 2.67 bits per heavy atom. The molecule has 2 aliphatic heterocycles. The average molecular weight is 269 g/mol. The fourth-order valence-corrected chi connectivity index (χ4v) is 2.30. The molecule has 4 heteroatoms. The number of carbonyl (C=O) groups is 1. The maximum Gasteiger partial charge on any atom is 0.165 e. The van der Waals surface area contributed by atoms with Crippen molar-refractivity contribution in [2.75, 3.05) is 5.88 Å². The maximum atomic E-state index is 11.4. The highest BCUT2D eigenvalue weighted by molar-refractivity contribution is 6.19. The zero-order chi connectivity index (χ0) is 13.0. The van der Waals surface area contributed by atoms with E-state index in [4.69, 9.17) is 21.4 Å². The van der Waals surface area contributed by atoms with Crippen molar-refractivity contribution in [1.29, 1.82) is 0 Å². The van der Waals surface area contributed by atoms with E-state index >= 15 is 0 Å². The minimum atomic E-state index is -0.480. The Morgan fingerprint density at radius 1 is 1.28 bits per heavy atom. The minimum absolute atomic E-state index is 0.206. The number of alkyl halides is 1. The summed E-state index contributed by atoms with van der Waals surface area (Å²) in [5.41, 5.74) is 0.598. The molecule has 1 atom stereocenters. The fourth-order valence-electron chi connectivity index (χ4n) is 2.09. The number of fused-ring (bicyclic) bond motifs is 4. The van der Waals surface area contributed by atoms with Gasteiger partial charge < -0.3 is 4.89 Å². The van der Waals surface area contributed by atoms with E-state index in [0.29, 0.717) is 24.5 Å². The van der Waals surface area contributed by atoms with Crippen LogP contribution < -0.4 is 4.89 Å². The summed E-state index contributed by atoms with van der Waals surface area (Å²) in [5.74, 6) is 1.32. The number of rotatable bonds is 6. The molecular formula is C14H17ClO3. The van der Waals surface area contributed by atoms with Crippen LogP contribution >= 0.6 is 11.6 Å². The summed E-state index contributed by atoms with van der Waals surface area (Å²) < 4.78 is 0. The first kappa shape index (κ1) is 13.4. The predicted molar refractivity (Wildman–Crippen MR) is 69.7 cm³/mol. The molecule has 2 aliphatic rings. The maximum absolute atomic E-state index is 11.4. The highest BCUT2D eigenvalue weighted by Crippen LogP contribution is 2.35. The van der Waals surface area contributed by atoms with Gasteiger partial charge in [0.25, 0.3) is 0 Å². The molecule has 1 aromatic carbocycles. The Bertz CT molecular complexity index is 416. The van der Waals surface area contributed by atoms with Crippen molar-refractivity contribution in [2.24, 2.45) is 0 Å². The topological polar surface area (TPSA) is 35.5 Å². The molecule has 2 bridgehead atoms. The second-order valence-electron chi connectivity index (χ2n) is 4.75. The van der Waals surface area contributed by atoms with Crippen LogP contribution in [0.4, 0.5) is 0 Å². The molecule has 0 fully saturated rings. The number of halogens is 1. The lowest BCUT2D eigenvalue weighted by atomic mass is 9.90. The molecule has 3 nitrogen and oxygen atoms in total. The van der Waals surface area contributed by atoms with Crippen LogP contribution in [0, 0.1) is 0 Å². The normalized spacial score (nSPS) is 21.4. The highest BCUT2D eigenvalue weighted by atomic mass is 35.5. The van der Waals surface area contributed by atoms with Gasteiger partial charge in [0, 0.05) is 18.7 Å². The van der Waals surface area contributed by atoms with Crippen molar-refractivity contribution in [2.45, 2.75) is 38.2 Å². The Hall–Kier alpha value is -1.06. The molecule has 0 spiro atoms. The average Bonchev–Trinajstić information content (AvgIpc) is 2.60. The molecular weight excluding hydrogens is 252 g/mol. The van der Waals surface area contributed by atoms with E-state index in [0.717, 1.165) is 18.4 Å². The lowest BCUT2D eigenvalue weighted by Crippen LogP contribution is -2.26. The SMILES string of the molecule is CC1(CCCC(=O)CCCl)OOc2ccc1cc2. The van der Waals surface area contributed by atoms with Crippen molar-refractivity contribution in [3.63, 3.8) is 0 Å². The van der Waals surface area contributed by atoms with Gasteiger partial charge in [0.15, 0.2) is 5.75 Å². The van der Waals surface area contributed by atoms with E-state index in [1.165, 1.54) is 0 Å². The lowest BCUT2D eigenvalue weighted by Gasteiger charge is -2.25. The third-order valence-corrected chi connectivity index (χ3v) is 3.46. The van der Waals surface area contributed by atoms with Crippen LogP contribution in [0.5, 0.6) is 5.75 Å². The molecule has 0 aromatic heterocycles. The van der Waals surface area contributed by atoms with Crippen LogP contribution in [0.1, 0.15) is 38.2 Å². The summed E-state index contributed by atoms with van der Waals surface area (Å²) in [5, 5.41) is 0. The molecule has 1 unspecified atom stereocenters. The fraction of sp³-hybridized carbons (Fsp3) is 0.500. The van der Waals surface area contributed by atoms with E-state index in [1.54, 1.807) is 0 Å². The number of benzene rings is 1. The monoisotopic (exact) mass is 268 g/mol. The first-order chi connectivity index (χ1) is 8.64. The minimum Gasteiger partial charge on any atom is -0.337 e. The Labute approximate surface area is 112 Å². The first-order valence-corrected chi connectivity index (χ1v) is 6.71. The molecule has 0 aliphatic carbocycles. The van der Waals surface area contributed by atoms with Crippen LogP contribution in [0.25, 0.3) is 0 Å². The molecule has 98 valence electrons. The van der Waals surface area contributed by atoms with E-state index in [-0.39, 0.29) is 5.78 Å². The van der Waals surface area contributed by atoms with Crippen LogP contribution in [0.15, 0.2) is 24.3 Å². The number of carbonyl (C=O) groups excluding carboxylic acids is 1. The van der Waals surface area contributed by atoms with Crippen molar-refractivity contribution in [3.8, 4) is 5.75 Å². The van der Waals surface area contributed by atoms with E-state index in [9.17, 15) is 4.79 Å². The zero-order valence-electron chi connectivity index (χ0n) is 10.4. The Morgan fingerprint density at radius 2 is 2.00 bits per heavy atom. The molecule has 0 radical (unpaired) electrons. The summed E-state index contributed by atoms with van der Waals surface area (Å²) >= 11 is 5.53.